The molecule has 0 bridgehead atoms. The van der Waals surface area contributed by atoms with Crippen LogP contribution in [-0.2, 0) is 11.3 Å². The number of nitrogens with one attached hydrogen (secondary N) is 1. The fraction of sp³-hybridized carbons (Fsp3) is 0.368. The number of hydrogen-bond donors (Lipinski definition) is 1. The van der Waals surface area contributed by atoms with Crippen molar-refractivity contribution in [1.82, 2.24) is 15.1 Å². The molecule has 1 atom stereocenters. The van der Waals surface area contributed by atoms with Crippen LogP contribution in [0.1, 0.15) is 22.2 Å². The SMILES string of the molecule is CC(C(=O)NCc1ccccc1F)N1CCN(C(=O)c2cccs2)CC1. The standard InChI is InChI=1S/C19H22FN3O2S/c1-14(18(24)21-13-15-5-2-3-6-16(15)20)22-8-10-23(11-9-22)19(25)17-7-4-12-26-17/h2-7,12,14H,8-11,13H2,1H3,(H,21,24). The average Bonchev–Trinajstić information content (AvgIpc) is 3.21. The fourth-order valence-electron chi connectivity index (χ4n) is 3.01. The lowest BCUT2D eigenvalue weighted by molar-refractivity contribution is -0.126. The third kappa shape index (κ3) is 4.28. The Labute approximate surface area is 156 Å². The Balaban J connectivity index is 1.48. The molecule has 1 saturated heterocycles. The minimum absolute atomic E-state index is 0.0521. The van der Waals surface area contributed by atoms with E-state index in [1.807, 2.05) is 29.3 Å². The molecule has 138 valence electrons. The van der Waals surface area contributed by atoms with Gasteiger partial charge in [-0.15, -0.1) is 11.3 Å². The molecule has 2 aromatic rings. The maximum absolute atomic E-state index is 13.6. The highest BCUT2D eigenvalue weighted by Crippen LogP contribution is 2.15. The van der Waals surface area contributed by atoms with E-state index in [1.165, 1.54) is 17.4 Å². The number of benzene rings is 1. The predicted octanol–water partition coefficient (Wildman–Crippen LogP) is 2.35. The van der Waals surface area contributed by atoms with Crippen LogP contribution in [0.25, 0.3) is 0 Å². The summed E-state index contributed by atoms with van der Waals surface area (Å²) in [7, 11) is 0. The molecule has 1 unspecified atom stereocenters. The van der Waals surface area contributed by atoms with Crippen molar-refractivity contribution in [2.24, 2.45) is 0 Å². The quantitative estimate of drug-likeness (QED) is 0.873. The maximum atomic E-state index is 13.6. The monoisotopic (exact) mass is 375 g/mol. The first-order valence-corrected chi connectivity index (χ1v) is 9.52. The van der Waals surface area contributed by atoms with Gasteiger partial charge < -0.3 is 10.2 Å². The molecular formula is C19H22FN3O2S. The molecule has 1 aromatic carbocycles. The predicted molar refractivity (Wildman–Crippen MR) is 99.5 cm³/mol. The Morgan fingerprint density at radius 3 is 2.54 bits per heavy atom. The van der Waals surface area contributed by atoms with Crippen molar-refractivity contribution in [1.29, 1.82) is 0 Å². The van der Waals surface area contributed by atoms with Gasteiger partial charge in [0.2, 0.25) is 5.91 Å². The molecule has 3 rings (SSSR count). The molecule has 1 N–H and O–H groups in total. The smallest absolute Gasteiger partial charge is 0.264 e. The van der Waals surface area contributed by atoms with Gasteiger partial charge in [0.15, 0.2) is 0 Å². The summed E-state index contributed by atoms with van der Waals surface area (Å²) in [6.45, 7) is 4.50. The lowest BCUT2D eigenvalue weighted by Gasteiger charge is -2.37. The van der Waals surface area contributed by atoms with Crippen LogP contribution >= 0.6 is 11.3 Å². The molecule has 0 spiro atoms. The van der Waals surface area contributed by atoms with Gasteiger partial charge in [-0.2, -0.15) is 0 Å². The number of thiophene rings is 1. The molecule has 26 heavy (non-hydrogen) atoms. The van der Waals surface area contributed by atoms with Gasteiger partial charge in [-0.3, -0.25) is 14.5 Å². The van der Waals surface area contributed by atoms with E-state index in [0.717, 1.165) is 4.88 Å². The molecule has 1 aliphatic heterocycles. The van der Waals surface area contributed by atoms with Crippen molar-refractivity contribution in [2.45, 2.75) is 19.5 Å². The van der Waals surface area contributed by atoms with Crippen LogP contribution in [0, 0.1) is 5.82 Å². The zero-order valence-corrected chi connectivity index (χ0v) is 15.5. The zero-order chi connectivity index (χ0) is 18.5. The van der Waals surface area contributed by atoms with Crippen molar-refractivity contribution >= 4 is 23.2 Å². The van der Waals surface area contributed by atoms with Gasteiger partial charge in [0.25, 0.3) is 5.91 Å². The lowest BCUT2D eigenvalue weighted by atomic mass is 10.2. The highest BCUT2D eigenvalue weighted by Gasteiger charge is 2.28. The van der Waals surface area contributed by atoms with Crippen LogP contribution in [-0.4, -0.2) is 53.8 Å². The largest absolute Gasteiger partial charge is 0.351 e. The zero-order valence-electron chi connectivity index (χ0n) is 14.7. The second-order valence-electron chi connectivity index (χ2n) is 6.29. The van der Waals surface area contributed by atoms with E-state index in [0.29, 0.717) is 31.7 Å². The van der Waals surface area contributed by atoms with E-state index in [4.69, 9.17) is 0 Å². The highest BCUT2D eigenvalue weighted by molar-refractivity contribution is 7.12. The molecule has 2 amide bonds. The van der Waals surface area contributed by atoms with Gasteiger partial charge in [-0.25, -0.2) is 4.39 Å². The van der Waals surface area contributed by atoms with Crippen LogP contribution in [0.5, 0.6) is 0 Å². The summed E-state index contributed by atoms with van der Waals surface area (Å²) in [5.41, 5.74) is 0.472. The Kier molecular flexibility index (Phi) is 6.00. The summed E-state index contributed by atoms with van der Waals surface area (Å²) in [5, 5.41) is 4.69. The second kappa shape index (κ2) is 8.42. The van der Waals surface area contributed by atoms with Crippen molar-refractivity contribution in [3.05, 3.63) is 58.0 Å². The van der Waals surface area contributed by atoms with Gasteiger partial charge in [0, 0.05) is 38.3 Å². The minimum atomic E-state index is -0.319. The van der Waals surface area contributed by atoms with E-state index >= 15 is 0 Å². The van der Waals surface area contributed by atoms with E-state index in [1.54, 1.807) is 18.2 Å². The number of amides is 2. The lowest BCUT2D eigenvalue weighted by Crippen LogP contribution is -2.54. The summed E-state index contributed by atoms with van der Waals surface area (Å²) in [6, 6.07) is 9.80. The average molecular weight is 375 g/mol. The molecule has 1 aliphatic rings. The number of hydrogen-bond acceptors (Lipinski definition) is 4. The van der Waals surface area contributed by atoms with Crippen LogP contribution < -0.4 is 5.32 Å². The van der Waals surface area contributed by atoms with Crippen LogP contribution in [0.2, 0.25) is 0 Å². The number of carbonyl (C=O) groups is 2. The maximum Gasteiger partial charge on any atom is 0.264 e. The van der Waals surface area contributed by atoms with Crippen LogP contribution in [0.3, 0.4) is 0 Å². The Morgan fingerprint density at radius 1 is 1.15 bits per heavy atom. The van der Waals surface area contributed by atoms with Crippen molar-refractivity contribution in [2.75, 3.05) is 26.2 Å². The molecule has 5 nitrogen and oxygen atoms in total. The van der Waals surface area contributed by atoms with E-state index in [-0.39, 0.29) is 30.2 Å². The molecule has 1 fully saturated rings. The summed E-state index contributed by atoms with van der Waals surface area (Å²) in [5.74, 6) is -0.399. The molecule has 0 saturated carbocycles. The number of carbonyl (C=O) groups excluding carboxylic acids is 2. The Morgan fingerprint density at radius 2 is 1.88 bits per heavy atom. The van der Waals surface area contributed by atoms with E-state index in [2.05, 4.69) is 10.2 Å². The minimum Gasteiger partial charge on any atom is -0.351 e. The second-order valence-corrected chi connectivity index (χ2v) is 7.24. The van der Waals surface area contributed by atoms with Gasteiger partial charge in [0.1, 0.15) is 5.82 Å². The summed E-state index contributed by atoms with van der Waals surface area (Å²) in [6.07, 6.45) is 0. The number of rotatable bonds is 5. The topological polar surface area (TPSA) is 52.7 Å². The van der Waals surface area contributed by atoms with Crippen molar-refractivity contribution in [3.8, 4) is 0 Å². The number of piperazine rings is 1. The fourth-order valence-corrected chi connectivity index (χ4v) is 3.70. The van der Waals surface area contributed by atoms with Crippen LogP contribution in [0.4, 0.5) is 4.39 Å². The summed E-state index contributed by atoms with van der Waals surface area (Å²) in [4.78, 5) is 29.4. The normalized spacial score (nSPS) is 16.3. The third-order valence-electron chi connectivity index (χ3n) is 4.67. The van der Waals surface area contributed by atoms with Gasteiger partial charge in [-0.05, 0) is 24.4 Å². The first-order chi connectivity index (χ1) is 12.6. The number of halogens is 1. The molecule has 0 radical (unpaired) electrons. The van der Waals surface area contributed by atoms with E-state index in [9.17, 15) is 14.0 Å². The van der Waals surface area contributed by atoms with Gasteiger partial charge in [-0.1, -0.05) is 24.3 Å². The summed E-state index contributed by atoms with van der Waals surface area (Å²) < 4.78 is 13.6. The first kappa shape index (κ1) is 18.5. The third-order valence-corrected chi connectivity index (χ3v) is 5.53. The van der Waals surface area contributed by atoms with Crippen LogP contribution in [0.15, 0.2) is 41.8 Å². The van der Waals surface area contributed by atoms with Crippen molar-refractivity contribution < 1.29 is 14.0 Å². The van der Waals surface area contributed by atoms with E-state index < -0.39 is 0 Å². The molecule has 0 aliphatic carbocycles. The molecular weight excluding hydrogens is 353 g/mol. The number of nitrogens with zero attached hydrogens (tertiary/aromatic N) is 2. The van der Waals surface area contributed by atoms with Gasteiger partial charge >= 0.3 is 0 Å². The first-order valence-electron chi connectivity index (χ1n) is 8.64. The van der Waals surface area contributed by atoms with Gasteiger partial charge in [0.05, 0.1) is 10.9 Å². The molecule has 1 aromatic heterocycles. The summed E-state index contributed by atoms with van der Waals surface area (Å²) >= 11 is 1.44. The Hall–Kier alpha value is -2.25. The van der Waals surface area contributed by atoms with Crippen molar-refractivity contribution in [3.63, 3.8) is 0 Å². The highest BCUT2D eigenvalue weighted by atomic mass is 32.1. The molecule has 7 heteroatoms. The Bertz CT molecular complexity index is 758. The molecule has 2 heterocycles.